The molecule has 0 aliphatic heterocycles. The van der Waals surface area contributed by atoms with Gasteiger partial charge < -0.3 is 0 Å². The molecule has 0 atom stereocenters. The summed E-state index contributed by atoms with van der Waals surface area (Å²) in [6, 6.07) is 10.1. The minimum Gasteiger partial charge on any atom is -0.0885 e. The van der Waals surface area contributed by atoms with Crippen LogP contribution in [0, 0.1) is 5.41 Å². The molecule has 70 valence electrons. The summed E-state index contributed by atoms with van der Waals surface area (Å²) in [5.74, 6) is 0. The van der Waals surface area contributed by atoms with Crippen molar-refractivity contribution in [2.45, 2.75) is 20.8 Å². The molecule has 0 aromatic heterocycles. The van der Waals surface area contributed by atoms with Crippen LogP contribution in [0.15, 0.2) is 35.4 Å². The highest BCUT2D eigenvalue weighted by Gasteiger charge is 2.14. The van der Waals surface area contributed by atoms with Crippen LogP contribution < -0.4 is 0 Å². The van der Waals surface area contributed by atoms with Crippen molar-refractivity contribution in [3.8, 4) is 0 Å². The molecule has 0 aliphatic carbocycles. The number of rotatable bonds is 1. The van der Waals surface area contributed by atoms with Crippen LogP contribution in [0.25, 0.3) is 6.08 Å². The predicted octanol–water partition coefficient (Wildman–Crippen LogP) is 4.31. The average Bonchev–Trinajstić information content (AvgIpc) is 2.04. The largest absolute Gasteiger partial charge is 0.0885 e. The third-order valence-corrected chi connectivity index (χ3v) is 2.49. The van der Waals surface area contributed by atoms with Crippen LogP contribution in [0.4, 0.5) is 0 Å². The van der Waals surface area contributed by atoms with Gasteiger partial charge in [0.1, 0.15) is 0 Å². The normalized spacial score (nSPS) is 13.1. The number of hydrogen-bond donors (Lipinski definition) is 0. The maximum atomic E-state index is 6.15. The zero-order valence-corrected chi connectivity index (χ0v) is 9.10. The summed E-state index contributed by atoms with van der Waals surface area (Å²) >= 11 is 6.15. The number of hydrogen-bond acceptors (Lipinski definition) is 0. The molecule has 1 aromatic rings. The highest BCUT2D eigenvalue weighted by atomic mass is 35.5. The molecular weight excluding hydrogens is 180 g/mol. The van der Waals surface area contributed by atoms with Crippen molar-refractivity contribution in [2.24, 2.45) is 5.41 Å². The highest BCUT2D eigenvalue weighted by Crippen LogP contribution is 2.30. The van der Waals surface area contributed by atoms with Crippen LogP contribution in [-0.2, 0) is 0 Å². The first-order valence-electron chi connectivity index (χ1n) is 4.43. The monoisotopic (exact) mass is 194 g/mol. The van der Waals surface area contributed by atoms with Crippen LogP contribution in [0.3, 0.4) is 0 Å². The first-order chi connectivity index (χ1) is 6.00. The van der Waals surface area contributed by atoms with Crippen molar-refractivity contribution in [2.75, 3.05) is 0 Å². The number of halogens is 1. The first kappa shape index (κ1) is 10.3. The van der Waals surface area contributed by atoms with E-state index < -0.39 is 0 Å². The minimum atomic E-state index is 0.0391. The Labute approximate surface area is 85.2 Å². The van der Waals surface area contributed by atoms with E-state index in [0.717, 1.165) is 10.6 Å². The quantitative estimate of drug-likeness (QED) is 0.625. The van der Waals surface area contributed by atoms with Crippen LogP contribution in [0.1, 0.15) is 26.3 Å². The van der Waals surface area contributed by atoms with Crippen molar-refractivity contribution in [1.29, 1.82) is 0 Å². The topological polar surface area (TPSA) is 0 Å². The summed E-state index contributed by atoms with van der Waals surface area (Å²) in [4.78, 5) is 0. The standard InChI is InChI=1S/C12H15Cl/c1-12(2,3)11(13)9-10-7-5-4-6-8-10/h4-9H,1-3H3. The van der Waals surface area contributed by atoms with Gasteiger partial charge in [-0.1, -0.05) is 62.7 Å². The molecule has 0 unspecified atom stereocenters. The summed E-state index contributed by atoms with van der Waals surface area (Å²) in [5.41, 5.74) is 1.19. The Morgan fingerprint density at radius 3 is 2.15 bits per heavy atom. The van der Waals surface area contributed by atoms with Gasteiger partial charge in [0.15, 0.2) is 0 Å². The molecule has 0 N–H and O–H groups in total. The van der Waals surface area contributed by atoms with Crippen molar-refractivity contribution >= 4 is 17.7 Å². The van der Waals surface area contributed by atoms with Gasteiger partial charge in [-0.15, -0.1) is 0 Å². The fourth-order valence-corrected chi connectivity index (χ4v) is 1.04. The SMILES string of the molecule is CC(C)(C)C(Cl)=Cc1ccccc1. The molecule has 0 heterocycles. The Hall–Kier alpha value is -0.750. The van der Waals surface area contributed by atoms with E-state index in [0.29, 0.717) is 0 Å². The minimum absolute atomic E-state index is 0.0391. The zero-order chi connectivity index (χ0) is 9.90. The zero-order valence-electron chi connectivity index (χ0n) is 8.34. The van der Waals surface area contributed by atoms with Crippen LogP contribution in [-0.4, -0.2) is 0 Å². The smallest absolute Gasteiger partial charge is 0.0240 e. The Morgan fingerprint density at radius 2 is 1.69 bits per heavy atom. The maximum absolute atomic E-state index is 6.15. The Kier molecular flexibility index (Phi) is 3.16. The molecule has 1 aromatic carbocycles. The fourth-order valence-electron chi connectivity index (χ4n) is 0.912. The molecular formula is C12H15Cl. The van der Waals surface area contributed by atoms with E-state index in [-0.39, 0.29) is 5.41 Å². The lowest BCUT2D eigenvalue weighted by molar-refractivity contribution is 0.534. The van der Waals surface area contributed by atoms with Gasteiger partial charge in [-0.3, -0.25) is 0 Å². The van der Waals surface area contributed by atoms with E-state index in [1.54, 1.807) is 0 Å². The lowest BCUT2D eigenvalue weighted by Gasteiger charge is -2.16. The molecule has 0 saturated heterocycles. The summed E-state index contributed by atoms with van der Waals surface area (Å²) < 4.78 is 0. The summed E-state index contributed by atoms with van der Waals surface area (Å²) in [5, 5.41) is 0.888. The van der Waals surface area contributed by atoms with Crippen molar-refractivity contribution in [3.05, 3.63) is 40.9 Å². The molecule has 0 aliphatic rings. The lowest BCUT2D eigenvalue weighted by Crippen LogP contribution is -2.04. The van der Waals surface area contributed by atoms with Gasteiger partial charge >= 0.3 is 0 Å². The summed E-state index contributed by atoms with van der Waals surface area (Å²) in [6.45, 7) is 6.32. The van der Waals surface area contributed by atoms with Crippen LogP contribution in [0.2, 0.25) is 0 Å². The van der Waals surface area contributed by atoms with Gasteiger partial charge in [0, 0.05) is 5.03 Å². The number of benzene rings is 1. The fraction of sp³-hybridized carbons (Fsp3) is 0.333. The molecule has 0 radical (unpaired) electrons. The molecule has 13 heavy (non-hydrogen) atoms. The summed E-state index contributed by atoms with van der Waals surface area (Å²) in [6.07, 6.45) is 2.02. The van der Waals surface area contributed by atoms with Crippen molar-refractivity contribution in [3.63, 3.8) is 0 Å². The van der Waals surface area contributed by atoms with Gasteiger partial charge in [0.25, 0.3) is 0 Å². The second-order valence-electron chi connectivity index (χ2n) is 4.15. The van der Waals surface area contributed by atoms with Gasteiger partial charge in [-0.2, -0.15) is 0 Å². The van der Waals surface area contributed by atoms with Gasteiger partial charge in [0.05, 0.1) is 0 Å². The average molecular weight is 195 g/mol. The second-order valence-corrected chi connectivity index (χ2v) is 4.56. The van der Waals surface area contributed by atoms with Gasteiger partial charge in [0.2, 0.25) is 0 Å². The van der Waals surface area contributed by atoms with Crippen molar-refractivity contribution in [1.82, 2.24) is 0 Å². The Bertz CT molecular complexity index is 291. The third-order valence-electron chi connectivity index (χ3n) is 1.81. The maximum Gasteiger partial charge on any atom is 0.0240 e. The Morgan fingerprint density at radius 1 is 1.15 bits per heavy atom. The number of allylic oxidation sites excluding steroid dienone is 1. The van der Waals surface area contributed by atoms with Crippen LogP contribution >= 0.6 is 11.6 Å². The third kappa shape index (κ3) is 3.23. The van der Waals surface area contributed by atoms with E-state index in [9.17, 15) is 0 Å². The summed E-state index contributed by atoms with van der Waals surface area (Å²) in [7, 11) is 0. The van der Waals surface area contributed by atoms with Crippen LogP contribution in [0.5, 0.6) is 0 Å². The molecule has 0 saturated carbocycles. The highest BCUT2D eigenvalue weighted by molar-refractivity contribution is 6.32. The molecule has 0 amide bonds. The van der Waals surface area contributed by atoms with Gasteiger partial charge in [-0.05, 0) is 17.1 Å². The van der Waals surface area contributed by atoms with E-state index in [1.165, 1.54) is 0 Å². The first-order valence-corrected chi connectivity index (χ1v) is 4.80. The second kappa shape index (κ2) is 3.97. The van der Waals surface area contributed by atoms with E-state index in [1.807, 2.05) is 36.4 Å². The molecule has 1 rings (SSSR count). The van der Waals surface area contributed by atoms with Crippen molar-refractivity contribution < 1.29 is 0 Å². The van der Waals surface area contributed by atoms with E-state index in [4.69, 9.17) is 11.6 Å². The molecule has 0 fully saturated rings. The van der Waals surface area contributed by atoms with E-state index >= 15 is 0 Å². The molecule has 0 spiro atoms. The molecule has 1 heteroatoms. The predicted molar refractivity (Wildman–Crippen MR) is 59.7 cm³/mol. The van der Waals surface area contributed by atoms with Gasteiger partial charge in [-0.25, -0.2) is 0 Å². The molecule has 0 bridgehead atoms. The van der Waals surface area contributed by atoms with E-state index in [2.05, 4.69) is 20.8 Å². The Balaban J connectivity index is 2.90. The molecule has 0 nitrogen and oxygen atoms in total. The lowest BCUT2D eigenvalue weighted by atomic mass is 9.95.